The van der Waals surface area contributed by atoms with Gasteiger partial charge < -0.3 is 19.9 Å². The van der Waals surface area contributed by atoms with E-state index in [-0.39, 0.29) is 0 Å². The third-order valence-electron chi connectivity index (χ3n) is 3.01. The Hall–Kier alpha value is -2.69. The quantitative estimate of drug-likeness (QED) is 0.676. The van der Waals surface area contributed by atoms with E-state index in [1.807, 2.05) is 24.3 Å². The number of ether oxygens (including phenoxy) is 3. The Balaban J connectivity index is 2.12. The molecule has 0 aromatic heterocycles. The van der Waals surface area contributed by atoms with Gasteiger partial charge in [0.2, 0.25) is 0 Å². The number of rotatable bonds is 5. The van der Waals surface area contributed by atoms with E-state index < -0.39 is 5.97 Å². The molecule has 0 amide bonds. The molecular weight excluding hydrogens is 270 g/mol. The summed E-state index contributed by atoms with van der Waals surface area (Å²) in [5, 5.41) is 0. The molecule has 0 bridgehead atoms. The number of nitrogens with two attached hydrogens (primary N) is 1. The van der Waals surface area contributed by atoms with Crippen molar-refractivity contribution in [3.63, 3.8) is 0 Å². The summed E-state index contributed by atoms with van der Waals surface area (Å²) in [4.78, 5) is 11.4. The van der Waals surface area contributed by atoms with Gasteiger partial charge in [0.15, 0.2) is 0 Å². The summed E-state index contributed by atoms with van der Waals surface area (Å²) in [6.07, 6.45) is 0. The number of carbonyl (C=O) groups is 1. The Morgan fingerprint density at radius 3 is 2.52 bits per heavy atom. The number of esters is 1. The second-order valence-corrected chi connectivity index (χ2v) is 4.34. The Bertz CT molecular complexity index is 640. The van der Waals surface area contributed by atoms with Gasteiger partial charge in [-0.3, -0.25) is 0 Å². The highest BCUT2D eigenvalue weighted by Gasteiger charge is 2.09. The molecular formula is C16H17NO4. The van der Waals surface area contributed by atoms with Crippen LogP contribution in [0.15, 0.2) is 42.5 Å². The van der Waals surface area contributed by atoms with E-state index >= 15 is 0 Å². The molecule has 0 aliphatic heterocycles. The summed E-state index contributed by atoms with van der Waals surface area (Å²) >= 11 is 0. The molecule has 0 unspecified atom stereocenters. The van der Waals surface area contributed by atoms with Crippen LogP contribution in [-0.2, 0) is 11.3 Å². The fourth-order valence-electron chi connectivity index (χ4n) is 1.90. The van der Waals surface area contributed by atoms with Crippen LogP contribution in [0, 0.1) is 0 Å². The van der Waals surface area contributed by atoms with Crippen molar-refractivity contribution in [3.8, 4) is 11.5 Å². The SMILES string of the molecule is COC(=O)c1ccc(OCc2ccccc2OC)c(N)c1. The summed E-state index contributed by atoms with van der Waals surface area (Å²) in [6.45, 7) is 0.325. The molecule has 0 atom stereocenters. The molecule has 0 saturated carbocycles. The maximum atomic E-state index is 11.4. The number of nitrogen functional groups attached to an aromatic ring is 1. The van der Waals surface area contributed by atoms with Gasteiger partial charge in [-0.1, -0.05) is 18.2 Å². The lowest BCUT2D eigenvalue weighted by Gasteiger charge is -2.12. The van der Waals surface area contributed by atoms with E-state index in [2.05, 4.69) is 4.74 Å². The molecule has 21 heavy (non-hydrogen) atoms. The normalized spacial score (nSPS) is 10.0. The zero-order valence-corrected chi connectivity index (χ0v) is 12.0. The second-order valence-electron chi connectivity index (χ2n) is 4.34. The predicted octanol–water partition coefficient (Wildman–Crippen LogP) is 2.64. The van der Waals surface area contributed by atoms with Crippen LogP contribution in [0.3, 0.4) is 0 Å². The Morgan fingerprint density at radius 1 is 1.10 bits per heavy atom. The van der Waals surface area contributed by atoms with E-state index in [1.165, 1.54) is 13.2 Å². The molecule has 2 aromatic carbocycles. The summed E-state index contributed by atoms with van der Waals surface area (Å²) in [6, 6.07) is 12.4. The van der Waals surface area contributed by atoms with Gasteiger partial charge in [-0.2, -0.15) is 0 Å². The number of hydrogen-bond acceptors (Lipinski definition) is 5. The van der Waals surface area contributed by atoms with E-state index in [1.54, 1.807) is 19.2 Å². The van der Waals surface area contributed by atoms with Gasteiger partial charge in [0, 0.05) is 5.56 Å². The molecule has 5 heteroatoms. The molecule has 0 radical (unpaired) electrons. The minimum absolute atomic E-state index is 0.325. The number of hydrogen-bond donors (Lipinski definition) is 1. The topological polar surface area (TPSA) is 70.8 Å². The van der Waals surface area contributed by atoms with Crippen LogP contribution in [0.4, 0.5) is 5.69 Å². The maximum Gasteiger partial charge on any atom is 0.337 e. The van der Waals surface area contributed by atoms with Crippen LogP contribution in [0.2, 0.25) is 0 Å². The first kappa shape index (κ1) is 14.7. The van der Waals surface area contributed by atoms with Crippen LogP contribution in [0.1, 0.15) is 15.9 Å². The van der Waals surface area contributed by atoms with Crippen molar-refractivity contribution in [3.05, 3.63) is 53.6 Å². The van der Waals surface area contributed by atoms with Crippen LogP contribution < -0.4 is 15.2 Å². The molecule has 2 N–H and O–H groups in total. The minimum atomic E-state index is -0.432. The lowest BCUT2D eigenvalue weighted by molar-refractivity contribution is 0.0600. The highest BCUT2D eigenvalue weighted by atomic mass is 16.5. The van der Waals surface area contributed by atoms with Crippen molar-refractivity contribution in [2.45, 2.75) is 6.61 Å². The minimum Gasteiger partial charge on any atom is -0.496 e. The van der Waals surface area contributed by atoms with Gasteiger partial charge in [0.05, 0.1) is 25.5 Å². The first-order valence-corrected chi connectivity index (χ1v) is 6.38. The Labute approximate surface area is 123 Å². The van der Waals surface area contributed by atoms with Gasteiger partial charge in [0.1, 0.15) is 18.1 Å². The fourth-order valence-corrected chi connectivity index (χ4v) is 1.90. The van der Waals surface area contributed by atoms with Crippen molar-refractivity contribution in [2.75, 3.05) is 20.0 Å². The average molecular weight is 287 g/mol. The fraction of sp³-hybridized carbons (Fsp3) is 0.188. The zero-order chi connectivity index (χ0) is 15.2. The van der Waals surface area contributed by atoms with E-state index in [4.69, 9.17) is 15.2 Å². The number of benzene rings is 2. The lowest BCUT2D eigenvalue weighted by atomic mass is 10.2. The smallest absolute Gasteiger partial charge is 0.337 e. The number of para-hydroxylation sites is 1. The molecule has 0 heterocycles. The molecule has 0 aliphatic rings. The van der Waals surface area contributed by atoms with Crippen LogP contribution in [-0.4, -0.2) is 20.2 Å². The first-order valence-electron chi connectivity index (χ1n) is 6.38. The highest BCUT2D eigenvalue weighted by molar-refractivity contribution is 5.90. The monoisotopic (exact) mass is 287 g/mol. The molecule has 110 valence electrons. The van der Waals surface area contributed by atoms with Crippen LogP contribution in [0.25, 0.3) is 0 Å². The zero-order valence-electron chi connectivity index (χ0n) is 12.0. The van der Waals surface area contributed by atoms with Gasteiger partial charge in [0.25, 0.3) is 0 Å². The number of methoxy groups -OCH3 is 2. The summed E-state index contributed by atoms with van der Waals surface area (Å²) in [7, 11) is 2.93. The maximum absolute atomic E-state index is 11.4. The van der Waals surface area contributed by atoms with Crippen LogP contribution in [0.5, 0.6) is 11.5 Å². The molecule has 0 spiro atoms. The third kappa shape index (κ3) is 3.45. The van der Waals surface area contributed by atoms with Gasteiger partial charge >= 0.3 is 5.97 Å². The number of carbonyl (C=O) groups excluding carboxylic acids is 1. The molecule has 0 fully saturated rings. The van der Waals surface area contributed by atoms with E-state index in [0.29, 0.717) is 23.6 Å². The Morgan fingerprint density at radius 2 is 1.86 bits per heavy atom. The van der Waals surface area contributed by atoms with Crippen molar-refractivity contribution in [1.82, 2.24) is 0 Å². The summed E-state index contributed by atoms with van der Waals surface area (Å²) in [5.41, 5.74) is 7.57. The van der Waals surface area contributed by atoms with Crippen molar-refractivity contribution in [2.24, 2.45) is 0 Å². The molecule has 0 aliphatic carbocycles. The van der Waals surface area contributed by atoms with Crippen LogP contribution >= 0.6 is 0 Å². The highest BCUT2D eigenvalue weighted by Crippen LogP contribution is 2.25. The lowest BCUT2D eigenvalue weighted by Crippen LogP contribution is -2.04. The predicted molar refractivity (Wildman–Crippen MR) is 79.5 cm³/mol. The van der Waals surface area contributed by atoms with Gasteiger partial charge in [-0.25, -0.2) is 4.79 Å². The van der Waals surface area contributed by atoms with E-state index in [9.17, 15) is 4.79 Å². The van der Waals surface area contributed by atoms with Crippen molar-refractivity contribution < 1.29 is 19.0 Å². The molecule has 0 saturated heterocycles. The van der Waals surface area contributed by atoms with Crippen molar-refractivity contribution in [1.29, 1.82) is 0 Å². The standard InChI is InChI=1S/C16H17NO4/c1-19-14-6-4-3-5-12(14)10-21-15-8-7-11(9-13(15)17)16(18)20-2/h3-9H,10,17H2,1-2H3. The largest absolute Gasteiger partial charge is 0.496 e. The Kier molecular flexibility index (Phi) is 4.66. The summed E-state index contributed by atoms with van der Waals surface area (Å²) in [5.74, 6) is 0.828. The second kappa shape index (κ2) is 6.65. The number of anilines is 1. The molecule has 5 nitrogen and oxygen atoms in total. The average Bonchev–Trinajstić information content (AvgIpc) is 2.53. The van der Waals surface area contributed by atoms with Gasteiger partial charge in [-0.05, 0) is 24.3 Å². The van der Waals surface area contributed by atoms with Crippen molar-refractivity contribution >= 4 is 11.7 Å². The third-order valence-corrected chi connectivity index (χ3v) is 3.01. The summed E-state index contributed by atoms with van der Waals surface area (Å²) < 4.78 is 15.6. The van der Waals surface area contributed by atoms with Gasteiger partial charge in [-0.15, -0.1) is 0 Å². The molecule has 2 rings (SSSR count). The molecule has 2 aromatic rings. The van der Waals surface area contributed by atoms with E-state index in [0.717, 1.165) is 11.3 Å². The first-order chi connectivity index (χ1) is 10.2.